The van der Waals surface area contributed by atoms with Crippen LogP contribution in [0.4, 0.5) is 5.82 Å². The highest BCUT2D eigenvalue weighted by Gasteiger charge is 2.19. The molecule has 168 valence electrons. The smallest absolute Gasteiger partial charge is 0.245 e. The second kappa shape index (κ2) is 11.5. The Kier molecular flexibility index (Phi) is 8.45. The third-order valence-corrected chi connectivity index (χ3v) is 5.29. The van der Waals surface area contributed by atoms with Crippen molar-refractivity contribution in [2.24, 2.45) is 0 Å². The van der Waals surface area contributed by atoms with Gasteiger partial charge in [-0.3, -0.25) is 9.59 Å². The number of aromatic nitrogens is 2. The molecule has 0 spiro atoms. The second-order valence-electron chi connectivity index (χ2n) is 7.64. The normalized spacial score (nSPS) is 10.7. The molecule has 3 aromatic rings. The first-order valence-corrected chi connectivity index (χ1v) is 11.4. The summed E-state index contributed by atoms with van der Waals surface area (Å²) >= 11 is 6.04. The van der Waals surface area contributed by atoms with Gasteiger partial charge in [0.25, 0.3) is 0 Å². The molecule has 1 aromatic heterocycles. The van der Waals surface area contributed by atoms with Crippen molar-refractivity contribution in [1.29, 1.82) is 0 Å². The summed E-state index contributed by atoms with van der Waals surface area (Å²) in [6.45, 7) is 4.62. The highest BCUT2D eigenvalue weighted by Crippen LogP contribution is 2.25. The molecule has 0 radical (unpaired) electrons. The number of hydrogen-bond acceptors (Lipinski definition) is 3. The number of unbranched alkanes of at least 4 members (excludes halogenated alkanes) is 1. The van der Waals surface area contributed by atoms with Crippen LogP contribution in [-0.4, -0.2) is 39.6 Å². The van der Waals surface area contributed by atoms with E-state index in [9.17, 15) is 9.59 Å². The van der Waals surface area contributed by atoms with Crippen LogP contribution in [-0.2, 0) is 9.59 Å². The molecular formula is C25H29ClN4O2. The molecule has 0 bridgehead atoms. The van der Waals surface area contributed by atoms with Gasteiger partial charge >= 0.3 is 0 Å². The van der Waals surface area contributed by atoms with E-state index >= 15 is 0 Å². The Morgan fingerprint density at radius 3 is 2.41 bits per heavy atom. The highest BCUT2D eigenvalue weighted by molar-refractivity contribution is 6.30. The van der Waals surface area contributed by atoms with Crippen molar-refractivity contribution in [1.82, 2.24) is 14.7 Å². The Labute approximate surface area is 194 Å². The summed E-state index contributed by atoms with van der Waals surface area (Å²) in [7, 11) is 0. The van der Waals surface area contributed by atoms with Crippen molar-refractivity contribution in [3.63, 3.8) is 0 Å². The molecule has 0 aliphatic rings. The van der Waals surface area contributed by atoms with Gasteiger partial charge in [0.2, 0.25) is 11.8 Å². The summed E-state index contributed by atoms with van der Waals surface area (Å²) in [5.41, 5.74) is 2.45. The molecule has 0 aliphatic heterocycles. The summed E-state index contributed by atoms with van der Waals surface area (Å²) in [5, 5.41) is 8.27. The molecule has 0 saturated heterocycles. The number of carbonyl (C=O) groups excluding carboxylic acids is 2. The van der Waals surface area contributed by atoms with Gasteiger partial charge in [-0.15, -0.1) is 0 Å². The number of rotatable bonds is 10. The molecule has 2 aromatic carbocycles. The Hall–Kier alpha value is -3.12. The summed E-state index contributed by atoms with van der Waals surface area (Å²) in [4.78, 5) is 27.0. The largest absolute Gasteiger partial charge is 0.333 e. The number of carbonyl (C=O) groups is 2. The molecule has 1 heterocycles. The first kappa shape index (κ1) is 23.5. The Morgan fingerprint density at radius 2 is 1.75 bits per heavy atom. The van der Waals surface area contributed by atoms with E-state index in [-0.39, 0.29) is 18.4 Å². The molecule has 6 nitrogen and oxygen atoms in total. The molecule has 0 saturated carbocycles. The summed E-state index contributed by atoms with van der Waals surface area (Å²) in [6.07, 6.45) is 3.03. The van der Waals surface area contributed by atoms with Gasteiger partial charge in [0, 0.05) is 29.6 Å². The monoisotopic (exact) mass is 452 g/mol. The van der Waals surface area contributed by atoms with Crippen LogP contribution < -0.4 is 5.32 Å². The quantitative estimate of drug-likeness (QED) is 0.438. The van der Waals surface area contributed by atoms with E-state index in [1.807, 2.05) is 62.4 Å². The second-order valence-corrected chi connectivity index (χ2v) is 8.07. The Bertz CT molecular complexity index is 1030. The topological polar surface area (TPSA) is 67.2 Å². The Morgan fingerprint density at radius 1 is 1.03 bits per heavy atom. The van der Waals surface area contributed by atoms with Gasteiger partial charge in [-0.1, -0.05) is 62.2 Å². The molecule has 32 heavy (non-hydrogen) atoms. The van der Waals surface area contributed by atoms with E-state index in [0.717, 1.165) is 36.2 Å². The minimum atomic E-state index is -0.252. The van der Waals surface area contributed by atoms with Crippen LogP contribution in [0.3, 0.4) is 0 Å². The third-order valence-electron chi connectivity index (χ3n) is 5.04. The molecule has 3 rings (SSSR count). The predicted octanol–water partition coefficient (Wildman–Crippen LogP) is 5.56. The lowest BCUT2D eigenvalue weighted by Crippen LogP contribution is -2.38. The van der Waals surface area contributed by atoms with Gasteiger partial charge in [-0.2, -0.15) is 5.10 Å². The van der Waals surface area contributed by atoms with Crippen molar-refractivity contribution in [2.45, 2.75) is 39.5 Å². The van der Waals surface area contributed by atoms with Crippen LogP contribution in [0.1, 0.15) is 39.5 Å². The molecule has 1 N–H and O–H groups in total. The maximum atomic E-state index is 12.9. The number of nitrogens with zero attached hydrogens (tertiary/aromatic N) is 3. The van der Waals surface area contributed by atoms with E-state index in [1.54, 1.807) is 21.7 Å². The molecule has 2 amide bonds. The lowest BCUT2D eigenvalue weighted by atomic mass is 10.1. The van der Waals surface area contributed by atoms with Crippen molar-refractivity contribution < 1.29 is 9.59 Å². The number of hydrogen-bond donors (Lipinski definition) is 1. The van der Waals surface area contributed by atoms with Gasteiger partial charge in [-0.05, 0) is 37.1 Å². The maximum Gasteiger partial charge on any atom is 0.245 e. The summed E-state index contributed by atoms with van der Waals surface area (Å²) in [6, 6.07) is 18.9. The number of anilines is 1. The van der Waals surface area contributed by atoms with Crippen LogP contribution in [0, 0.1) is 0 Å². The van der Waals surface area contributed by atoms with Crippen LogP contribution in [0.5, 0.6) is 0 Å². The van der Waals surface area contributed by atoms with E-state index in [1.165, 1.54) is 0 Å². The molecule has 0 aliphatic carbocycles. The van der Waals surface area contributed by atoms with Gasteiger partial charge in [0.05, 0.1) is 17.9 Å². The van der Waals surface area contributed by atoms with Gasteiger partial charge in [0.1, 0.15) is 5.82 Å². The van der Waals surface area contributed by atoms with Crippen molar-refractivity contribution in [2.75, 3.05) is 18.4 Å². The molecule has 0 fully saturated rings. The fourth-order valence-electron chi connectivity index (χ4n) is 3.40. The van der Waals surface area contributed by atoms with Crippen LogP contribution in [0.2, 0.25) is 5.02 Å². The number of nitrogens with one attached hydrogen (secondary N) is 1. The predicted molar refractivity (Wildman–Crippen MR) is 129 cm³/mol. The number of amides is 2. The SMILES string of the molecule is CCCCC(=O)N(CCC)CC(=O)Nc1cc(-c2ccccc2)nn1-c1ccc(Cl)cc1. The van der Waals surface area contributed by atoms with E-state index < -0.39 is 0 Å². The van der Waals surface area contributed by atoms with Crippen LogP contribution >= 0.6 is 11.6 Å². The highest BCUT2D eigenvalue weighted by atomic mass is 35.5. The number of halogens is 1. The van der Waals surface area contributed by atoms with E-state index in [2.05, 4.69) is 5.32 Å². The van der Waals surface area contributed by atoms with Crippen LogP contribution in [0.25, 0.3) is 16.9 Å². The van der Waals surface area contributed by atoms with Crippen molar-refractivity contribution in [3.05, 3.63) is 65.7 Å². The number of benzene rings is 2. The fraction of sp³-hybridized carbons (Fsp3) is 0.320. The minimum Gasteiger partial charge on any atom is -0.333 e. The first-order valence-electron chi connectivity index (χ1n) is 11.0. The first-order chi connectivity index (χ1) is 15.5. The molecule has 0 atom stereocenters. The third kappa shape index (κ3) is 6.20. The zero-order valence-electron chi connectivity index (χ0n) is 18.6. The Balaban J connectivity index is 1.85. The summed E-state index contributed by atoms with van der Waals surface area (Å²) < 4.78 is 1.68. The zero-order valence-corrected chi connectivity index (χ0v) is 19.3. The molecule has 0 unspecified atom stereocenters. The average molecular weight is 453 g/mol. The molecule has 7 heteroatoms. The van der Waals surface area contributed by atoms with Crippen LogP contribution in [0.15, 0.2) is 60.7 Å². The standard InChI is InChI=1S/C25H29ClN4O2/c1-3-5-11-25(32)29(16-4-2)18-24(31)27-23-17-22(19-9-7-6-8-10-19)28-30(23)21-14-12-20(26)13-15-21/h6-10,12-15,17H,3-5,11,16,18H2,1-2H3,(H,27,31). The van der Waals surface area contributed by atoms with Gasteiger partial charge in [0.15, 0.2) is 0 Å². The minimum absolute atomic E-state index is 0.0139. The lowest BCUT2D eigenvalue weighted by molar-refractivity contribution is -0.134. The summed E-state index contributed by atoms with van der Waals surface area (Å²) in [5.74, 6) is 0.298. The van der Waals surface area contributed by atoms with Gasteiger partial charge in [-0.25, -0.2) is 4.68 Å². The van der Waals surface area contributed by atoms with Crippen molar-refractivity contribution >= 4 is 29.2 Å². The average Bonchev–Trinajstić information content (AvgIpc) is 3.21. The van der Waals surface area contributed by atoms with E-state index in [0.29, 0.717) is 23.8 Å². The molecular weight excluding hydrogens is 424 g/mol. The van der Waals surface area contributed by atoms with Crippen molar-refractivity contribution in [3.8, 4) is 16.9 Å². The zero-order chi connectivity index (χ0) is 22.9. The lowest BCUT2D eigenvalue weighted by Gasteiger charge is -2.21. The van der Waals surface area contributed by atoms with E-state index in [4.69, 9.17) is 16.7 Å². The maximum absolute atomic E-state index is 12.9. The van der Waals surface area contributed by atoms with Gasteiger partial charge < -0.3 is 10.2 Å². The fourth-order valence-corrected chi connectivity index (χ4v) is 3.53.